The van der Waals surface area contributed by atoms with Crippen molar-refractivity contribution in [2.45, 2.75) is 25.9 Å². The van der Waals surface area contributed by atoms with Gasteiger partial charge in [0, 0.05) is 17.6 Å². The van der Waals surface area contributed by atoms with Gasteiger partial charge in [-0.25, -0.2) is 0 Å². The molecule has 4 nitrogen and oxygen atoms in total. The third-order valence-electron chi connectivity index (χ3n) is 3.57. The van der Waals surface area contributed by atoms with Crippen LogP contribution >= 0.6 is 0 Å². The first-order valence-corrected chi connectivity index (χ1v) is 6.93. The molecule has 0 saturated heterocycles. The van der Waals surface area contributed by atoms with E-state index in [2.05, 4.69) is 5.32 Å². The SMILES string of the molecule is COc1ccc(O)c(C(C)NC(C)c2cccc(O)c2)c1. The van der Waals surface area contributed by atoms with Crippen LogP contribution in [0.15, 0.2) is 42.5 Å². The molecule has 2 aromatic rings. The van der Waals surface area contributed by atoms with Crippen LogP contribution in [0.3, 0.4) is 0 Å². The molecule has 2 unspecified atom stereocenters. The second kappa shape index (κ2) is 6.50. The smallest absolute Gasteiger partial charge is 0.120 e. The normalized spacial score (nSPS) is 13.7. The number of nitrogens with one attached hydrogen (secondary N) is 1. The lowest BCUT2D eigenvalue weighted by molar-refractivity contribution is 0.404. The van der Waals surface area contributed by atoms with Crippen LogP contribution < -0.4 is 10.1 Å². The van der Waals surface area contributed by atoms with E-state index in [0.717, 1.165) is 11.1 Å². The summed E-state index contributed by atoms with van der Waals surface area (Å²) < 4.78 is 5.19. The van der Waals surface area contributed by atoms with Gasteiger partial charge in [-0.3, -0.25) is 0 Å². The monoisotopic (exact) mass is 287 g/mol. The molecule has 0 aliphatic rings. The summed E-state index contributed by atoms with van der Waals surface area (Å²) in [6, 6.07) is 12.3. The van der Waals surface area contributed by atoms with Crippen molar-refractivity contribution in [3.8, 4) is 17.2 Å². The van der Waals surface area contributed by atoms with Gasteiger partial charge in [0.2, 0.25) is 0 Å². The second-order valence-electron chi connectivity index (χ2n) is 5.13. The number of benzene rings is 2. The van der Waals surface area contributed by atoms with Crippen molar-refractivity contribution >= 4 is 0 Å². The minimum atomic E-state index is -0.0579. The Morgan fingerprint density at radius 3 is 2.43 bits per heavy atom. The molecule has 2 atom stereocenters. The van der Waals surface area contributed by atoms with E-state index >= 15 is 0 Å². The van der Waals surface area contributed by atoms with E-state index in [1.807, 2.05) is 32.0 Å². The summed E-state index contributed by atoms with van der Waals surface area (Å²) in [5.41, 5.74) is 1.77. The highest BCUT2D eigenvalue weighted by molar-refractivity contribution is 5.41. The number of methoxy groups -OCH3 is 1. The van der Waals surface area contributed by atoms with Crippen LogP contribution in [-0.2, 0) is 0 Å². The zero-order valence-electron chi connectivity index (χ0n) is 12.5. The van der Waals surface area contributed by atoms with E-state index in [0.29, 0.717) is 5.75 Å². The fraction of sp³-hybridized carbons (Fsp3) is 0.294. The third kappa shape index (κ3) is 3.67. The maximum Gasteiger partial charge on any atom is 0.120 e. The predicted molar refractivity (Wildman–Crippen MR) is 82.7 cm³/mol. The first-order valence-electron chi connectivity index (χ1n) is 6.93. The van der Waals surface area contributed by atoms with Crippen LogP contribution in [0, 0.1) is 0 Å². The maximum absolute atomic E-state index is 9.99. The number of hydrogen-bond donors (Lipinski definition) is 3. The van der Waals surface area contributed by atoms with Gasteiger partial charge in [-0.2, -0.15) is 0 Å². The van der Waals surface area contributed by atoms with Crippen LogP contribution in [0.1, 0.15) is 37.1 Å². The Bertz CT molecular complexity index is 613. The van der Waals surface area contributed by atoms with Crippen LogP contribution in [-0.4, -0.2) is 17.3 Å². The fourth-order valence-electron chi connectivity index (χ4n) is 2.36. The number of aromatic hydroxyl groups is 2. The predicted octanol–water partition coefficient (Wildman–Crippen LogP) is 3.52. The summed E-state index contributed by atoms with van der Waals surface area (Å²) >= 11 is 0. The molecule has 0 fully saturated rings. The number of phenolic OH excluding ortho intramolecular Hbond substituents is 2. The molecule has 0 saturated carbocycles. The lowest BCUT2D eigenvalue weighted by Crippen LogP contribution is -2.22. The van der Waals surface area contributed by atoms with E-state index in [1.54, 1.807) is 31.4 Å². The summed E-state index contributed by atoms with van der Waals surface area (Å²) in [5.74, 6) is 1.19. The molecule has 0 amide bonds. The highest BCUT2D eigenvalue weighted by Crippen LogP contribution is 2.30. The Morgan fingerprint density at radius 1 is 1.00 bits per heavy atom. The number of ether oxygens (including phenoxy) is 1. The fourth-order valence-corrected chi connectivity index (χ4v) is 2.36. The average Bonchev–Trinajstić information content (AvgIpc) is 2.47. The Balaban J connectivity index is 2.15. The van der Waals surface area contributed by atoms with Crippen molar-refractivity contribution in [1.82, 2.24) is 5.32 Å². The first-order chi connectivity index (χ1) is 10.0. The van der Waals surface area contributed by atoms with Crippen LogP contribution in [0.4, 0.5) is 0 Å². The van der Waals surface area contributed by atoms with Crippen LogP contribution in [0.5, 0.6) is 17.2 Å². The minimum absolute atomic E-state index is 0.0395. The Morgan fingerprint density at radius 2 is 1.76 bits per heavy atom. The minimum Gasteiger partial charge on any atom is -0.508 e. The number of phenols is 2. The molecule has 0 heterocycles. The van der Waals surface area contributed by atoms with E-state index < -0.39 is 0 Å². The molecule has 21 heavy (non-hydrogen) atoms. The summed E-state index contributed by atoms with van der Waals surface area (Å²) in [4.78, 5) is 0. The molecular weight excluding hydrogens is 266 g/mol. The highest BCUT2D eigenvalue weighted by atomic mass is 16.5. The van der Waals surface area contributed by atoms with Gasteiger partial charge in [0.05, 0.1) is 7.11 Å². The first kappa shape index (κ1) is 15.2. The van der Waals surface area contributed by atoms with Crippen molar-refractivity contribution in [1.29, 1.82) is 0 Å². The molecule has 112 valence electrons. The van der Waals surface area contributed by atoms with E-state index in [1.165, 1.54) is 0 Å². The topological polar surface area (TPSA) is 61.7 Å². The number of rotatable bonds is 5. The van der Waals surface area contributed by atoms with Gasteiger partial charge in [-0.15, -0.1) is 0 Å². The van der Waals surface area contributed by atoms with Gasteiger partial charge >= 0.3 is 0 Å². The largest absolute Gasteiger partial charge is 0.508 e. The lowest BCUT2D eigenvalue weighted by Gasteiger charge is -2.22. The maximum atomic E-state index is 9.99. The van der Waals surface area contributed by atoms with E-state index in [9.17, 15) is 10.2 Å². The molecule has 0 aromatic heterocycles. The molecule has 2 rings (SSSR count). The van der Waals surface area contributed by atoms with Crippen molar-refractivity contribution < 1.29 is 14.9 Å². The molecule has 4 heteroatoms. The quantitative estimate of drug-likeness (QED) is 0.787. The molecule has 0 aliphatic heterocycles. The van der Waals surface area contributed by atoms with Crippen molar-refractivity contribution in [2.24, 2.45) is 0 Å². The highest BCUT2D eigenvalue weighted by Gasteiger charge is 2.15. The Hall–Kier alpha value is -2.20. The van der Waals surface area contributed by atoms with Gasteiger partial charge < -0.3 is 20.3 Å². The average molecular weight is 287 g/mol. The molecule has 0 bridgehead atoms. The van der Waals surface area contributed by atoms with Crippen LogP contribution in [0.2, 0.25) is 0 Å². The number of hydrogen-bond acceptors (Lipinski definition) is 4. The zero-order valence-corrected chi connectivity index (χ0v) is 12.5. The van der Waals surface area contributed by atoms with Crippen molar-refractivity contribution in [3.05, 3.63) is 53.6 Å². The lowest BCUT2D eigenvalue weighted by atomic mass is 10.0. The van der Waals surface area contributed by atoms with Gasteiger partial charge in [-0.1, -0.05) is 12.1 Å². The summed E-state index contributed by atoms with van der Waals surface area (Å²) in [7, 11) is 1.60. The molecule has 2 aromatic carbocycles. The zero-order chi connectivity index (χ0) is 15.4. The third-order valence-corrected chi connectivity index (χ3v) is 3.57. The van der Waals surface area contributed by atoms with E-state index in [-0.39, 0.29) is 23.6 Å². The van der Waals surface area contributed by atoms with Crippen molar-refractivity contribution in [2.75, 3.05) is 7.11 Å². The van der Waals surface area contributed by atoms with Gasteiger partial charge in [0.15, 0.2) is 0 Å². The molecule has 0 spiro atoms. The summed E-state index contributed by atoms with van der Waals surface area (Å²) in [5, 5.41) is 22.9. The Kier molecular flexibility index (Phi) is 4.70. The van der Waals surface area contributed by atoms with Gasteiger partial charge in [0.1, 0.15) is 17.2 Å². The molecule has 0 radical (unpaired) electrons. The van der Waals surface area contributed by atoms with E-state index in [4.69, 9.17) is 4.74 Å². The second-order valence-corrected chi connectivity index (χ2v) is 5.13. The summed E-state index contributed by atoms with van der Waals surface area (Å²) in [6.07, 6.45) is 0. The molecular formula is C17H21NO3. The summed E-state index contributed by atoms with van der Waals surface area (Å²) in [6.45, 7) is 4.00. The van der Waals surface area contributed by atoms with Crippen LogP contribution in [0.25, 0.3) is 0 Å². The molecule has 0 aliphatic carbocycles. The molecule has 3 N–H and O–H groups in total. The standard InChI is InChI=1S/C17H21NO3/c1-11(13-5-4-6-14(19)9-13)18-12(2)16-10-15(21-3)7-8-17(16)20/h4-12,18-20H,1-3H3. The van der Waals surface area contributed by atoms with Gasteiger partial charge in [-0.05, 0) is 49.7 Å². The van der Waals surface area contributed by atoms with Gasteiger partial charge in [0.25, 0.3) is 0 Å². The van der Waals surface area contributed by atoms with Crippen molar-refractivity contribution in [3.63, 3.8) is 0 Å². The Labute approximate surface area is 125 Å².